The number of hydrogen-bond donors (Lipinski definition) is 1. The van der Waals surface area contributed by atoms with E-state index in [9.17, 15) is 9.59 Å². The molecule has 1 unspecified atom stereocenters. The molecule has 0 bridgehead atoms. The molecule has 0 aromatic rings. The van der Waals surface area contributed by atoms with E-state index < -0.39 is 17.1 Å². The van der Waals surface area contributed by atoms with Crippen molar-refractivity contribution in [3.63, 3.8) is 0 Å². The van der Waals surface area contributed by atoms with Crippen LogP contribution in [0.5, 0.6) is 0 Å². The molecule has 2 aliphatic rings. The number of rotatable bonds is 1. The number of hydrogen-bond acceptors (Lipinski definition) is 5. The summed E-state index contributed by atoms with van der Waals surface area (Å²) in [6, 6.07) is 0. The third-order valence-corrected chi connectivity index (χ3v) is 3.63. The van der Waals surface area contributed by atoms with Crippen molar-refractivity contribution in [2.24, 2.45) is 11.1 Å². The summed E-state index contributed by atoms with van der Waals surface area (Å²) in [4.78, 5) is 24.9. The lowest BCUT2D eigenvalue weighted by Gasteiger charge is -2.42. The third-order valence-electron chi connectivity index (χ3n) is 3.63. The Balaban J connectivity index is 1.89. The second-order valence-electron chi connectivity index (χ2n) is 6.26. The Labute approximate surface area is 106 Å². The minimum absolute atomic E-state index is 0.295. The first-order chi connectivity index (χ1) is 8.13. The average molecular weight is 256 g/mol. The number of nitrogens with zero attached hydrogens (tertiary/aromatic N) is 1. The van der Waals surface area contributed by atoms with Crippen molar-refractivity contribution in [3.05, 3.63) is 0 Å². The minimum Gasteiger partial charge on any atom is -0.468 e. The van der Waals surface area contributed by atoms with Gasteiger partial charge in [-0.3, -0.25) is 4.79 Å². The van der Waals surface area contributed by atoms with Gasteiger partial charge in [-0.25, -0.2) is 4.79 Å². The molecule has 2 rings (SSSR count). The normalized spacial score (nSPS) is 28.6. The van der Waals surface area contributed by atoms with E-state index in [2.05, 4.69) is 4.74 Å². The quantitative estimate of drug-likeness (QED) is 0.691. The first-order valence-corrected chi connectivity index (χ1v) is 5.99. The van der Waals surface area contributed by atoms with Crippen LogP contribution in [0.1, 0.15) is 27.2 Å². The van der Waals surface area contributed by atoms with E-state index >= 15 is 0 Å². The number of methoxy groups -OCH3 is 1. The van der Waals surface area contributed by atoms with Gasteiger partial charge >= 0.3 is 12.1 Å². The standard InChI is InChI=1S/C12H20N2O4/c1-10(2,3)18-9(16)14-6-11(7-14)5-12(11,13)8(15)17-4/h5-7,13H2,1-4H3. The summed E-state index contributed by atoms with van der Waals surface area (Å²) in [6.07, 6.45) is 0.221. The van der Waals surface area contributed by atoms with Gasteiger partial charge in [-0.1, -0.05) is 0 Å². The molecular formula is C12H20N2O4. The monoisotopic (exact) mass is 256 g/mol. The van der Waals surface area contributed by atoms with Crippen molar-refractivity contribution in [2.45, 2.75) is 38.3 Å². The van der Waals surface area contributed by atoms with Gasteiger partial charge in [0, 0.05) is 18.5 Å². The van der Waals surface area contributed by atoms with Crippen LogP contribution in [0.15, 0.2) is 0 Å². The maximum absolute atomic E-state index is 11.8. The topological polar surface area (TPSA) is 81.9 Å². The summed E-state index contributed by atoms with van der Waals surface area (Å²) in [5.41, 5.74) is 4.26. The fourth-order valence-corrected chi connectivity index (χ4v) is 2.49. The van der Waals surface area contributed by atoms with Gasteiger partial charge in [0.1, 0.15) is 11.1 Å². The Bertz CT molecular complexity index is 395. The maximum atomic E-state index is 11.8. The molecule has 1 heterocycles. The number of likely N-dealkylation sites (tertiary alicyclic amines) is 1. The van der Waals surface area contributed by atoms with Crippen molar-refractivity contribution < 1.29 is 19.1 Å². The van der Waals surface area contributed by atoms with E-state index in [4.69, 9.17) is 10.5 Å². The minimum atomic E-state index is -0.916. The van der Waals surface area contributed by atoms with Crippen LogP contribution in [0.2, 0.25) is 0 Å². The van der Waals surface area contributed by atoms with E-state index in [0.29, 0.717) is 19.5 Å². The molecule has 1 aliphatic carbocycles. The third kappa shape index (κ3) is 1.84. The molecule has 1 spiro atoms. The van der Waals surface area contributed by atoms with Crippen LogP contribution in [0, 0.1) is 5.41 Å². The van der Waals surface area contributed by atoms with Gasteiger partial charge in [0.2, 0.25) is 0 Å². The molecule has 6 nitrogen and oxygen atoms in total. The molecule has 1 aliphatic heterocycles. The molecule has 1 saturated carbocycles. The Morgan fingerprint density at radius 1 is 1.28 bits per heavy atom. The van der Waals surface area contributed by atoms with Gasteiger partial charge < -0.3 is 20.1 Å². The fourth-order valence-electron chi connectivity index (χ4n) is 2.49. The SMILES string of the molecule is COC(=O)C1(N)CC12CN(C(=O)OC(C)(C)C)C2. The molecule has 0 aromatic carbocycles. The highest BCUT2D eigenvalue weighted by atomic mass is 16.6. The summed E-state index contributed by atoms with van der Waals surface area (Å²) in [7, 11) is 1.33. The van der Waals surface area contributed by atoms with Gasteiger partial charge in [0.25, 0.3) is 0 Å². The van der Waals surface area contributed by atoms with E-state index in [1.54, 1.807) is 4.90 Å². The van der Waals surface area contributed by atoms with Crippen molar-refractivity contribution >= 4 is 12.1 Å². The van der Waals surface area contributed by atoms with Crippen LogP contribution in [0.3, 0.4) is 0 Å². The molecule has 2 fully saturated rings. The summed E-state index contributed by atoms with van der Waals surface area (Å²) >= 11 is 0. The van der Waals surface area contributed by atoms with Crippen LogP contribution in [0.25, 0.3) is 0 Å². The second-order valence-corrected chi connectivity index (χ2v) is 6.26. The molecule has 18 heavy (non-hydrogen) atoms. The van der Waals surface area contributed by atoms with Gasteiger partial charge in [0.05, 0.1) is 7.11 Å². The number of carbonyl (C=O) groups is 2. The lowest BCUT2D eigenvalue weighted by molar-refractivity contribution is -0.145. The van der Waals surface area contributed by atoms with Crippen molar-refractivity contribution in [2.75, 3.05) is 20.2 Å². The largest absolute Gasteiger partial charge is 0.468 e. The van der Waals surface area contributed by atoms with Crippen LogP contribution < -0.4 is 5.73 Å². The smallest absolute Gasteiger partial charge is 0.410 e. The maximum Gasteiger partial charge on any atom is 0.410 e. The van der Waals surface area contributed by atoms with Crippen LogP contribution in [-0.4, -0.2) is 48.3 Å². The molecule has 0 radical (unpaired) electrons. The molecule has 1 atom stereocenters. The van der Waals surface area contributed by atoms with Crippen molar-refractivity contribution in [1.29, 1.82) is 0 Å². The second kappa shape index (κ2) is 3.60. The van der Waals surface area contributed by atoms with Crippen molar-refractivity contribution in [1.82, 2.24) is 4.90 Å². The molecule has 6 heteroatoms. The summed E-state index contributed by atoms with van der Waals surface area (Å²) < 4.78 is 9.93. The first kappa shape index (κ1) is 13.1. The highest BCUT2D eigenvalue weighted by Crippen LogP contribution is 2.60. The number of amides is 1. The van der Waals surface area contributed by atoms with E-state index in [-0.39, 0.29) is 11.5 Å². The van der Waals surface area contributed by atoms with Crippen LogP contribution >= 0.6 is 0 Å². The molecule has 1 amide bonds. The summed E-state index contributed by atoms with van der Waals surface area (Å²) in [6.45, 7) is 6.39. The predicted octanol–water partition coefficient (Wildman–Crippen LogP) is 0.498. The van der Waals surface area contributed by atoms with Crippen LogP contribution in [0.4, 0.5) is 4.79 Å². The fraction of sp³-hybridized carbons (Fsp3) is 0.833. The highest BCUT2D eigenvalue weighted by molar-refractivity contribution is 5.87. The summed E-state index contributed by atoms with van der Waals surface area (Å²) in [5, 5.41) is 0. The van der Waals surface area contributed by atoms with E-state index in [1.165, 1.54) is 7.11 Å². The first-order valence-electron chi connectivity index (χ1n) is 5.99. The highest BCUT2D eigenvalue weighted by Gasteiger charge is 2.76. The molecule has 2 N–H and O–H groups in total. The molecule has 0 aromatic heterocycles. The predicted molar refractivity (Wildman–Crippen MR) is 63.8 cm³/mol. The lowest BCUT2D eigenvalue weighted by Crippen LogP contribution is -2.59. The van der Waals surface area contributed by atoms with E-state index in [0.717, 1.165) is 0 Å². The van der Waals surface area contributed by atoms with Gasteiger partial charge in [-0.2, -0.15) is 0 Å². The number of nitrogens with two attached hydrogens (primary N) is 1. The zero-order valence-corrected chi connectivity index (χ0v) is 11.3. The number of esters is 1. The van der Waals surface area contributed by atoms with Crippen molar-refractivity contribution in [3.8, 4) is 0 Å². The average Bonchev–Trinajstić information content (AvgIpc) is 2.80. The Morgan fingerprint density at radius 3 is 2.28 bits per heavy atom. The van der Waals surface area contributed by atoms with Gasteiger partial charge in [0.15, 0.2) is 0 Å². The Morgan fingerprint density at radius 2 is 1.83 bits per heavy atom. The molecule has 1 saturated heterocycles. The molecule has 102 valence electrons. The zero-order chi connectivity index (χ0) is 13.8. The Kier molecular flexibility index (Phi) is 2.63. The summed E-state index contributed by atoms with van der Waals surface area (Å²) in [5.74, 6) is -0.397. The van der Waals surface area contributed by atoms with Gasteiger partial charge in [-0.05, 0) is 27.2 Å². The lowest BCUT2D eigenvalue weighted by atomic mass is 9.91. The number of ether oxygens (including phenoxy) is 2. The van der Waals surface area contributed by atoms with Gasteiger partial charge in [-0.15, -0.1) is 0 Å². The van der Waals surface area contributed by atoms with Crippen LogP contribution in [-0.2, 0) is 14.3 Å². The van der Waals surface area contributed by atoms with E-state index in [1.807, 2.05) is 20.8 Å². The zero-order valence-electron chi connectivity index (χ0n) is 11.3. The Hall–Kier alpha value is -1.30. The number of carbonyl (C=O) groups excluding carboxylic acids is 2. The molecular weight excluding hydrogens is 236 g/mol.